The van der Waals surface area contributed by atoms with Crippen LogP contribution in [0.5, 0.6) is 5.75 Å². The van der Waals surface area contributed by atoms with Gasteiger partial charge in [0.15, 0.2) is 0 Å². The summed E-state index contributed by atoms with van der Waals surface area (Å²) in [6, 6.07) is 5.61. The Hall–Kier alpha value is -2.41. The lowest BCUT2D eigenvalue weighted by Gasteiger charge is -2.32. The van der Waals surface area contributed by atoms with E-state index in [1.54, 1.807) is 7.11 Å². The van der Waals surface area contributed by atoms with Crippen molar-refractivity contribution in [2.45, 2.75) is 39.5 Å². The third kappa shape index (κ3) is 5.10. The predicted octanol–water partition coefficient (Wildman–Crippen LogP) is 4.04. The molecule has 1 aromatic carbocycles. The van der Waals surface area contributed by atoms with E-state index >= 15 is 0 Å². The predicted molar refractivity (Wildman–Crippen MR) is 111 cm³/mol. The Kier molecular flexibility index (Phi) is 6.67. The summed E-state index contributed by atoms with van der Waals surface area (Å²) in [6.45, 7) is 5.32. The number of hydrogen-bond acceptors (Lipinski definition) is 5. The Morgan fingerprint density at radius 2 is 2.18 bits per heavy atom. The average molecular weight is 402 g/mol. The Balaban J connectivity index is 1.50. The molecular weight excluding hydrogens is 374 g/mol. The molecule has 3 rings (SSSR count). The molecule has 1 saturated heterocycles. The lowest BCUT2D eigenvalue weighted by atomic mass is 9.93. The normalized spacial score (nSPS) is 16.7. The van der Waals surface area contributed by atoms with Crippen LogP contribution in [0.2, 0.25) is 0 Å². The van der Waals surface area contributed by atoms with E-state index in [4.69, 9.17) is 4.74 Å². The first-order chi connectivity index (χ1) is 13.5. The largest absolute Gasteiger partial charge is 0.497 e. The number of piperidine rings is 1. The zero-order chi connectivity index (χ0) is 20.1. The highest BCUT2D eigenvalue weighted by molar-refractivity contribution is 7.09. The molecule has 1 aliphatic rings. The summed E-state index contributed by atoms with van der Waals surface area (Å²) in [6.07, 6.45) is 3.25. The van der Waals surface area contributed by atoms with Crippen LogP contribution in [0.15, 0.2) is 23.6 Å². The van der Waals surface area contributed by atoms with Crippen LogP contribution in [0.4, 0.5) is 5.69 Å². The molecule has 150 valence electrons. The topological polar surface area (TPSA) is 71.5 Å². The van der Waals surface area contributed by atoms with Crippen molar-refractivity contribution in [1.29, 1.82) is 0 Å². The molecule has 0 radical (unpaired) electrons. The summed E-state index contributed by atoms with van der Waals surface area (Å²) in [5.74, 6) is 1.14. The molecule has 0 spiro atoms. The fourth-order valence-electron chi connectivity index (χ4n) is 3.56. The number of ether oxygens (including phenoxy) is 1. The molecule has 1 aromatic heterocycles. The number of methoxy groups -OCH3 is 1. The molecule has 2 amide bonds. The van der Waals surface area contributed by atoms with Gasteiger partial charge in [0.2, 0.25) is 5.91 Å². The minimum absolute atomic E-state index is 0.00634. The van der Waals surface area contributed by atoms with E-state index in [1.807, 2.05) is 42.3 Å². The number of rotatable bonds is 6. The molecule has 1 atom stereocenters. The van der Waals surface area contributed by atoms with E-state index in [0.29, 0.717) is 24.6 Å². The van der Waals surface area contributed by atoms with Crippen LogP contribution in [0, 0.1) is 19.8 Å². The number of aryl methyl sites for hydroxylation is 2. The number of benzene rings is 1. The third-order valence-corrected chi connectivity index (χ3v) is 5.91. The maximum atomic E-state index is 12.6. The van der Waals surface area contributed by atoms with Crippen LogP contribution in [0.3, 0.4) is 0 Å². The second-order valence-corrected chi connectivity index (χ2v) is 8.34. The van der Waals surface area contributed by atoms with Gasteiger partial charge in [-0.15, -0.1) is 11.3 Å². The number of thiazole rings is 1. The second-order valence-electron chi connectivity index (χ2n) is 7.28. The Morgan fingerprint density at radius 3 is 2.86 bits per heavy atom. The second kappa shape index (κ2) is 9.19. The summed E-state index contributed by atoms with van der Waals surface area (Å²) in [4.78, 5) is 31.2. The molecular formula is C21H27N3O3S. The molecule has 1 N–H and O–H groups in total. The van der Waals surface area contributed by atoms with E-state index < -0.39 is 0 Å². The van der Waals surface area contributed by atoms with Crippen molar-refractivity contribution >= 4 is 28.8 Å². The number of nitrogens with zero attached hydrogens (tertiary/aromatic N) is 2. The Morgan fingerprint density at radius 1 is 1.36 bits per heavy atom. The van der Waals surface area contributed by atoms with Gasteiger partial charge in [0.25, 0.3) is 5.91 Å². The molecule has 0 bridgehead atoms. The van der Waals surface area contributed by atoms with Gasteiger partial charge in [-0.3, -0.25) is 9.59 Å². The Bertz CT molecular complexity index is 849. The standard InChI is InChI=1S/C21H27N3O3S/c1-14-11-17(27-3)7-8-18(14)23-20(25)9-6-16-5-4-10-24(12-16)21(26)19-13-28-15(2)22-19/h7-8,11,13,16H,4-6,9-10,12H2,1-3H3,(H,23,25). The average Bonchev–Trinajstić information content (AvgIpc) is 3.14. The van der Waals surface area contributed by atoms with E-state index in [0.717, 1.165) is 47.8 Å². The summed E-state index contributed by atoms with van der Waals surface area (Å²) in [7, 11) is 1.63. The van der Waals surface area contributed by atoms with Gasteiger partial charge in [0.1, 0.15) is 11.4 Å². The maximum Gasteiger partial charge on any atom is 0.273 e. The quantitative estimate of drug-likeness (QED) is 0.793. The Labute approximate surface area is 169 Å². The van der Waals surface area contributed by atoms with Crippen molar-refractivity contribution in [3.05, 3.63) is 39.8 Å². The van der Waals surface area contributed by atoms with Gasteiger partial charge in [0.05, 0.1) is 12.1 Å². The van der Waals surface area contributed by atoms with Crippen molar-refractivity contribution in [2.24, 2.45) is 5.92 Å². The first kappa shape index (κ1) is 20.3. The number of anilines is 1. The number of amides is 2. The van der Waals surface area contributed by atoms with Gasteiger partial charge < -0.3 is 15.0 Å². The number of carbonyl (C=O) groups excluding carboxylic acids is 2. The van der Waals surface area contributed by atoms with Gasteiger partial charge in [0, 0.05) is 30.6 Å². The van der Waals surface area contributed by atoms with Crippen LogP contribution in [0.1, 0.15) is 46.7 Å². The first-order valence-electron chi connectivity index (χ1n) is 9.62. The minimum Gasteiger partial charge on any atom is -0.497 e. The van der Waals surface area contributed by atoms with Crippen molar-refractivity contribution in [1.82, 2.24) is 9.88 Å². The molecule has 6 nitrogen and oxygen atoms in total. The van der Waals surface area contributed by atoms with Crippen molar-refractivity contribution in [3.8, 4) is 5.75 Å². The summed E-state index contributed by atoms with van der Waals surface area (Å²) in [5.41, 5.74) is 2.32. The van der Waals surface area contributed by atoms with Gasteiger partial charge >= 0.3 is 0 Å². The van der Waals surface area contributed by atoms with Gasteiger partial charge in [-0.1, -0.05) is 0 Å². The van der Waals surface area contributed by atoms with Crippen molar-refractivity contribution < 1.29 is 14.3 Å². The molecule has 2 heterocycles. The fraction of sp³-hybridized carbons (Fsp3) is 0.476. The third-order valence-electron chi connectivity index (χ3n) is 5.13. The molecule has 7 heteroatoms. The number of nitrogens with one attached hydrogen (secondary N) is 1. The molecule has 0 aliphatic carbocycles. The SMILES string of the molecule is COc1ccc(NC(=O)CCC2CCCN(C(=O)c3csc(C)n3)C2)c(C)c1. The summed E-state index contributed by atoms with van der Waals surface area (Å²) >= 11 is 1.50. The van der Waals surface area contributed by atoms with E-state index in [1.165, 1.54) is 11.3 Å². The number of carbonyl (C=O) groups is 2. The van der Waals surface area contributed by atoms with E-state index in [-0.39, 0.29) is 11.8 Å². The summed E-state index contributed by atoms with van der Waals surface area (Å²) < 4.78 is 5.20. The molecule has 1 fully saturated rings. The fourth-order valence-corrected chi connectivity index (χ4v) is 4.15. The van der Waals surface area contributed by atoms with Crippen LogP contribution in [-0.4, -0.2) is 41.9 Å². The monoisotopic (exact) mass is 401 g/mol. The van der Waals surface area contributed by atoms with Crippen LogP contribution in [-0.2, 0) is 4.79 Å². The van der Waals surface area contributed by atoms with Crippen molar-refractivity contribution in [3.63, 3.8) is 0 Å². The van der Waals surface area contributed by atoms with Gasteiger partial charge in [-0.25, -0.2) is 4.98 Å². The number of hydrogen-bond donors (Lipinski definition) is 1. The van der Waals surface area contributed by atoms with Crippen LogP contribution in [0.25, 0.3) is 0 Å². The highest BCUT2D eigenvalue weighted by Gasteiger charge is 2.26. The first-order valence-corrected chi connectivity index (χ1v) is 10.5. The smallest absolute Gasteiger partial charge is 0.273 e. The highest BCUT2D eigenvalue weighted by atomic mass is 32.1. The van der Waals surface area contributed by atoms with E-state index in [9.17, 15) is 9.59 Å². The summed E-state index contributed by atoms with van der Waals surface area (Å²) in [5, 5.41) is 5.71. The van der Waals surface area contributed by atoms with Gasteiger partial charge in [-0.05, 0) is 62.8 Å². The van der Waals surface area contributed by atoms with Crippen molar-refractivity contribution in [2.75, 3.05) is 25.5 Å². The molecule has 0 saturated carbocycles. The maximum absolute atomic E-state index is 12.6. The number of aromatic nitrogens is 1. The lowest BCUT2D eigenvalue weighted by Crippen LogP contribution is -2.40. The zero-order valence-electron chi connectivity index (χ0n) is 16.7. The highest BCUT2D eigenvalue weighted by Crippen LogP contribution is 2.24. The van der Waals surface area contributed by atoms with Crippen LogP contribution < -0.4 is 10.1 Å². The number of likely N-dealkylation sites (tertiary alicyclic amines) is 1. The van der Waals surface area contributed by atoms with Gasteiger partial charge in [-0.2, -0.15) is 0 Å². The molecule has 28 heavy (non-hydrogen) atoms. The molecule has 1 aliphatic heterocycles. The zero-order valence-corrected chi connectivity index (χ0v) is 17.5. The lowest BCUT2D eigenvalue weighted by molar-refractivity contribution is -0.116. The molecule has 1 unspecified atom stereocenters. The minimum atomic E-state index is 0.00634. The van der Waals surface area contributed by atoms with Crippen LogP contribution >= 0.6 is 11.3 Å². The molecule has 2 aromatic rings. The van der Waals surface area contributed by atoms with E-state index in [2.05, 4.69) is 10.3 Å².